The summed E-state index contributed by atoms with van der Waals surface area (Å²) in [5, 5.41) is 0.501. The molecule has 0 aromatic heterocycles. The number of ketones is 1. The minimum absolute atomic E-state index is 0.183. The van der Waals surface area contributed by atoms with Crippen LogP contribution in [0.4, 0.5) is 4.39 Å². The zero-order valence-corrected chi connectivity index (χ0v) is 11.3. The van der Waals surface area contributed by atoms with Crippen molar-refractivity contribution in [2.75, 3.05) is 7.11 Å². The van der Waals surface area contributed by atoms with Crippen molar-refractivity contribution in [2.45, 2.75) is 6.92 Å². The zero-order valence-electron chi connectivity index (χ0n) is 10.5. The molecule has 2 aromatic carbocycles. The lowest BCUT2D eigenvalue weighted by atomic mass is 10.0. The first-order valence-electron chi connectivity index (χ1n) is 5.67. The minimum Gasteiger partial charge on any atom is -0.496 e. The van der Waals surface area contributed by atoms with Crippen molar-refractivity contribution >= 4 is 17.4 Å². The molecule has 0 aliphatic rings. The second-order valence-corrected chi connectivity index (χ2v) is 4.54. The molecule has 19 heavy (non-hydrogen) atoms. The fraction of sp³-hybridized carbons (Fsp3) is 0.133. The largest absolute Gasteiger partial charge is 0.496 e. The van der Waals surface area contributed by atoms with Crippen LogP contribution in [-0.2, 0) is 0 Å². The molecule has 0 spiro atoms. The molecule has 2 nitrogen and oxygen atoms in total. The molecule has 98 valence electrons. The SMILES string of the molecule is COc1ccc(F)cc1C(=O)c1ccc(C)c(Cl)c1. The highest BCUT2D eigenvalue weighted by Crippen LogP contribution is 2.24. The summed E-state index contributed by atoms with van der Waals surface area (Å²) >= 11 is 5.99. The van der Waals surface area contributed by atoms with E-state index in [0.717, 1.165) is 11.6 Å². The second kappa shape index (κ2) is 5.41. The van der Waals surface area contributed by atoms with Gasteiger partial charge < -0.3 is 4.74 Å². The Morgan fingerprint density at radius 3 is 2.58 bits per heavy atom. The van der Waals surface area contributed by atoms with Crippen LogP contribution in [0, 0.1) is 12.7 Å². The molecule has 2 aromatic rings. The number of carbonyl (C=O) groups excluding carboxylic acids is 1. The van der Waals surface area contributed by atoms with E-state index in [0.29, 0.717) is 16.3 Å². The Hall–Kier alpha value is -1.87. The average molecular weight is 279 g/mol. The topological polar surface area (TPSA) is 26.3 Å². The van der Waals surface area contributed by atoms with E-state index >= 15 is 0 Å². The monoisotopic (exact) mass is 278 g/mol. The van der Waals surface area contributed by atoms with Crippen LogP contribution in [0.5, 0.6) is 5.75 Å². The normalized spacial score (nSPS) is 10.3. The van der Waals surface area contributed by atoms with Gasteiger partial charge in [-0.15, -0.1) is 0 Å². The van der Waals surface area contributed by atoms with Gasteiger partial charge in [0.2, 0.25) is 0 Å². The smallest absolute Gasteiger partial charge is 0.196 e. The van der Waals surface area contributed by atoms with Crippen molar-refractivity contribution in [2.24, 2.45) is 0 Å². The summed E-state index contributed by atoms with van der Waals surface area (Å²) in [4.78, 5) is 12.3. The standard InChI is InChI=1S/C15H12ClFO2/c1-9-3-4-10(7-13(9)16)15(18)12-8-11(17)5-6-14(12)19-2/h3-8H,1-2H3. The molecule has 0 amide bonds. The number of methoxy groups -OCH3 is 1. The van der Waals surface area contributed by atoms with Gasteiger partial charge in [0.1, 0.15) is 11.6 Å². The van der Waals surface area contributed by atoms with E-state index in [9.17, 15) is 9.18 Å². The number of carbonyl (C=O) groups is 1. The number of ether oxygens (including phenoxy) is 1. The van der Waals surface area contributed by atoms with Crippen molar-refractivity contribution in [1.29, 1.82) is 0 Å². The molecule has 0 atom stereocenters. The Morgan fingerprint density at radius 1 is 1.21 bits per heavy atom. The van der Waals surface area contributed by atoms with E-state index in [1.165, 1.54) is 19.2 Å². The van der Waals surface area contributed by atoms with Gasteiger partial charge in [-0.2, -0.15) is 0 Å². The van der Waals surface area contributed by atoms with Crippen LogP contribution in [0.2, 0.25) is 5.02 Å². The summed E-state index contributed by atoms with van der Waals surface area (Å²) in [5.74, 6) is -0.469. The number of rotatable bonds is 3. The van der Waals surface area contributed by atoms with Crippen molar-refractivity contribution in [3.05, 3.63) is 63.9 Å². The van der Waals surface area contributed by atoms with E-state index in [2.05, 4.69) is 0 Å². The first-order chi connectivity index (χ1) is 9.02. The van der Waals surface area contributed by atoms with Gasteiger partial charge in [-0.3, -0.25) is 4.79 Å². The Bertz CT molecular complexity index is 638. The number of aryl methyl sites for hydroxylation is 1. The highest BCUT2D eigenvalue weighted by molar-refractivity contribution is 6.32. The molecule has 0 saturated carbocycles. The first kappa shape index (κ1) is 13.6. The molecule has 0 saturated heterocycles. The maximum absolute atomic E-state index is 13.3. The van der Waals surface area contributed by atoms with Gasteiger partial charge in [0.15, 0.2) is 5.78 Å². The number of hydrogen-bond donors (Lipinski definition) is 0. The minimum atomic E-state index is -0.484. The molecule has 2 rings (SSSR count). The molecule has 0 aliphatic carbocycles. The Morgan fingerprint density at radius 2 is 1.95 bits per heavy atom. The fourth-order valence-electron chi connectivity index (χ4n) is 1.75. The molecule has 0 bridgehead atoms. The predicted octanol–water partition coefficient (Wildman–Crippen LogP) is 4.03. The molecule has 0 unspecified atom stereocenters. The number of hydrogen-bond acceptors (Lipinski definition) is 2. The van der Waals surface area contributed by atoms with Crippen molar-refractivity contribution in [3.63, 3.8) is 0 Å². The lowest BCUT2D eigenvalue weighted by Crippen LogP contribution is -2.05. The molecule has 4 heteroatoms. The van der Waals surface area contributed by atoms with Crippen molar-refractivity contribution in [1.82, 2.24) is 0 Å². The third-order valence-corrected chi connectivity index (χ3v) is 3.25. The Balaban J connectivity index is 2.49. The lowest BCUT2D eigenvalue weighted by molar-refractivity contribution is 0.103. The van der Waals surface area contributed by atoms with Crippen LogP contribution < -0.4 is 4.74 Å². The van der Waals surface area contributed by atoms with Crippen molar-refractivity contribution in [3.8, 4) is 5.75 Å². The van der Waals surface area contributed by atoms with Crippen LogP contribution in [0.15, 0.2) is 36.4 Å². The van der Waals surface area contributed by atoms with Gasteiger partial charge >= 0.3 is 0 Å². The highest BCUT2D eigenvalue weighted by Gasteiger charge is 2.16. The van der Waals surface area contributed by atoms with Gasteiger partial charge in [0.25, 0.3) is 0 Å². The fourth-order valence-corrected chi connectivity index (χ4v) is 1.93. The summed E-state index contributed by atoms with van der Waals surface area (Å²) in [5.41, 5.74) is 1.46. The number of halogens is 2. The molecule has 0 radical (unpaired) electrons. The van der Waals surface area contributed by atoms with E-state index in [1.54, 1.807) is 18.2 Å². The maximum Gasteiger partial charge on any atom is 0.196 e. The summed E-state index contributed by atoms with van der Waals surface area (Å²) < 4.78 is 18.3. The van der Waals surface area contributed by atoms with Crippen molar-refractivity contribution < 1.29 is 13.9 Å². The lowest BCUT2D eigenvalue weighted by Gasteiger charge is -2.08. The van der Waals surface area contributed by atoms with Gasteiger partial charge in [0, 0.05) is 10.6 Å². The zero-order chi connectivity index (χ0) is 14.0. The first-order valence-corrected chi connectivity index (χ1v) is 6.05. The summed E-state index contributed by atoms with van der Waals surface area (Å²) in [6, 6.07) is 8.82. The van der Waals surface area contributed by atoms with E-state index in [-0.39, 0.29) is 11.3 Å². The van der Waals surface area contributed by atoms with Crippen LogP contribution in [0.25, 0.3) is 0 Å². The van der Waals surface area contributed by atoms with Crippen LogP contribution in [0.1, 0.15) is 21.5 Å². The second-order valence-electron chi connectivity index (χ2n) is 4.14. The van der Waals surface area contributed by atoms with Crippen LogP contribution >= 0.6 is 11.6 Å². The molecular weight excluding hydrogens is 267 g/mol. The Kier molecular flexibility index (Phi) is 3.86. The molecule has 0 aliphatic heterocycles. The van der Waals surface area contributed by atoms with Gasteiger partial charge in [-0.1, -0.05) is 23.7 Å². The maximum atomic E-state index is 13.3. The predicted molar refractivity (Wildman–Crippen MR) is 72.6 cm³/mol. The van der Waals surface area contributed by atoms with Crippen LogP contribution in [-0.4, -0.2) is 12.9 Å². The number of benzene rings is 2. The van der Waals surface area contributed by atoms with Gasteiger partial charge in [0.05, 0.1) is 12.7 Å². The van der Waals surface area contributed by atoms with E-state index in [1.807, 2.05) is 6.92 Å². The van der Waals surface area contributed by atoms with E-state index < -0.39 is 5.82 Å². The molecule has 0 heterocycles. The summed E-state index contributed by atoms with van der Waals surface area (Å²) in [7, 11) is 1.44. The summed E-state index contributed by atoms with van der Waals surface area (Å²) in [6.07, 6.45) is 0. The van der Waals surface area contributed by atoms with Crippen LogP contribution in [0.3, 0.4) is 0 Å². The molecular formula is C15H12ClFO2. The summed E-state index contributed by atoms with van der Waals surface area (Å²) in [6.45, 7) is 1.85. The third-order valence-electron chi connectivity index (χ3n) is 2.84. The van der Waals surface area contributed by atoms with Gasteiger partial charge in [-0.25, -0.2) is 4.39 Å². The highest BCUT2D eigenvalue weighted by atomic mass is 35.5. The third kappa shape index (κ3) is 2.76. The van der Waals surface area contributed by atoms with Gasteiger partial charge in [-0.05, 0) is 36.8 Å². The van der Waals surface area contributed by atoms with E-state index in [4.69, 9.17) is 16.3 Å². The molecule has 0 N–H and O–H groups in total. The Labute approximate surface area is 115 Å². The quantitative estimate of drug-likeness (QED) is 0.793. The molecule has 0 fully saturated rings. The average Bonchev–Trinajstić information content (AvgIpc) is 2.41.